The molecule has 0 amide bonds. The van der Waals surface area contributed by atoms with Crippen LogP contribution >= 0.6 is 0 Å². The molecule has 0 aliphatic rings. The Hall–Kier alpha value is -2.72. The number of rotatable bonds is 5. The minimum atomic E-state index is -1.20. The molecule has 1 N–H and O–H groups in total. The van der Waals surface area contributed by atoms with Crippen molar-refractivity contribution in [1.82, 2.24) is 14.5 Å². The van der Waals surface area contributed by atoms with Crippen LogP contribution in [0.3, 0.4) is 0 Å². The van der Waals surface area contributed by atoms with E-state index < -0.39 is 5.60 Å². The highest BCUT2D eigenvalue weighted by atomic mass is 16.3. The van der Waals surface area contributed by atoms with Crippen LogP contribution in [-0.4, -0.2) is 19.6 Å². The first-order valence-electron chi connectivity index (χ1n) is 7.10. The molecular formula is C18H17N3O. The fraction of sp³-hybridized carbons (Fsp3) is 0.111. The largest absolute Gasteiger partial charge is 0.377 e. The number of aliphatic hydroxyl groups is 1. The van der Waals surface area contributed by atoms with E-state index in [2.05, 4.69) is 9.97 Å². The van der Waals surface area contributed by atoms with Crippen molar-refractivity contribution in [3.05, 3.63) is 90.8 Å². The lowest BCUT2D eigenvalue weighted by atomic mass is 9.97. The van der Waals surface area contributed by atoms with Crippen molar-refractivity contribution in [3.8, 4) is 0 Å². The van der Waals surface area contributed by atoms with Crippen molar-refractivity contribution >= 4 is 6.08 Å². The maximum atomic E-state index is 11.1. The van der Waals surface area contributed by atoms with Crippen molar-refractivity contribution in [2.24, 2.45) is 0 Å². The molecule has 3 aromatic rings. The van der Waals surface area contributed by atoms with Crippen molar-refractivity contribution in [3.63, 3.8) is 0 Å². The summed E-state index contributed by atoms with van der Waals surface area (Å²) in [6.07, 6.45) is 10.6. The van der Waals surface area contributed by atoms with E-state index in [1.807, 2.05) is 65.4 Å². The lowest BCUT2D eigenvalue weighted by Crippen LogP contribution is -2.29. The quantitative estimate of drug-likeness (QED) is 0.786. The van der Waals surface area contributed by atoms with Crippen LogP contribution in [0.2, 0.25) is 0 Å². The van der Waals surface area contributed by atoms with Gasteiger partial charge >= 0.3 is 0 Å². The summed E-state index contributed by atoms with van der Waals surface area (Å²) < 4.78 is 1.84. The highest BCUT2D eigenvalue weighted by Crippen LogP contribution is 2.24. The van der Waals surface area contributed by atoms with Crippen molar-refractivity contribution in [2.75, 3.05) is 0 Å². The van der Waals surface area contributed by atoms with Crippen LogP contribution in [0.4, 0.5) is 0 Å². The summed E-state index contributed by atoms with van der Waals surface area (Å²) in [6, 6.07) is 15.4. The standard InChI is InChI=1S/C18H17N3O/c22-18(14-21-13-12-19-15-21,17-8-4-5-11-20-17)10-9-16-6-2-1-3-7-16/h1-13,15,22H,14H2/b10-9+. The zero-order chi connectivity index (χ0) is 15.3. The molecule has 3 rings (SSSR count). The Labute approximate surface area is 129 Å². The molecular weight excluding hydrogens is 274 g/mol. The van der Waals surface area contributed by atoms with Crippen LogP contribution in [-0.2, 0) is 12.1 Å². The molecule has 1 aromatic carbocycles. The van der Waals surface area contributed by atoms with Gasteiger partial charge in [-0.15, -0.1) is 0 Å². The molecule has 0 spiro atoms. The molecule has 0 saturated carbocycles. The molecule has 110 valence electrons. The Morgan fingerprint density at radius 1 is 1.05 bits per heavy atom. The normalized spacial score (nSPS) is 14.0. The first-order valence-corrected chi connectivity index (χ1v) is 7.10. The Kier molecular flexibility index (Phi) is 4.12. The SMILES string of the molecule is OC(/C=C/c1ccccc1)(Cn1ccnc1)c1ccccn1. The third-order valence-corrected chi connectivity index (χ3v) is 3.44. The molecule has 1 atom stereocenters. The third kappa shape index (κ3) is 3.30. The van der Waals surface area contributed by atoms with Gasteiger partial charge in [-0.3, -0.25) is 4.98 Å². The van der Waals surface area contributed by atoms with Gasteiger partial charge in [-0.2, -0.15) is 0 Å². The van der Waals surface area contributed by atoms with E-state index in [1.165, 1.54) is 0 Å². The summed E-state index contributed by atoms with van der Waals surface area (Å²) in [5.74, 6) is 0. The predicted molar refractivity (Wildman–Crippen MR) is 85.8 cm³/mol. The Morgan fingerprint density at radius 3 is 2.55 bits per heavy atom. The molecule has 0 saturated heterocycles. The van der Waals surface area contributed by atoms with Gasteiger partial charge in [0.2, 0.25) is 0 Å². The molecule has 0 aliphatic heterocycles. The number of aromatic nitrogens is 3. The van der Waals surface area contributed by atoms with Gasteiger partial charge in [0.05, 0.1) is 18.6 Å². The van der Waals surface area contributed by atoms with Crippen LogP contribution in [0.25, 0.3) is 6.08 Å². The van der Waals surface area contributed by atoms with E-state index in [-0.39, 0.29) is 0 Å². The zero-order valence-electron chi connectivity index (χ0n) is 12.1. The Balaban J connectivity index is 1.94. The van der Waals surface area contributed by atoms with Gasteiger partial charge in [0, 0.05) is 18.6 Å². The van der Waals surface area contributed by atoms with Gasteiger partial charge in [0.25, 0.3) is 0 Å². The summed E-state index contributed by atoms with van der Waals surface area (Å²) in [5, 5.41) is 11.1. The third-order valence-electron chi connectivity index (χ3n) is 3.44. The minimum Gasteiger partial charge on any atom is -0.377 e. The van der Waals surface area contributed by atoms with E-state index in [9.17, 15) is 5.11 Å². The van der Waals surface area contributed by atoms with E-state index in [0.29, 0.717) is 12.2 Å². The van der Waals surface area contributed by atoms with Gasteiger partial charge in [0.1, 0.15) is 5.60 Å². The molecule has 2 aromatic heterocycles. The van der Waals surface area contributed by atoms with Crippen LogP contribution in [0.5, 0.6) is 0 Å². The summed E-state index contributed by atoms with van der Waals surface area (Å²) in [7, 11) is 0. The van der Waals surface area contributed by atoms with E-state index in [4.69, 9.17) is 0 Å². The van der Waals surface area contributed by atoms with E-state index in [0.717, 1.165) is 5.56 Å². The number of hydrogen-bond acceptors (Lipinski definition) is 3. The zero-order valence-corrected chi connectivity index (χ0v) is 12.1. The van der Waals surface area contributed by atoms with Gasteiger partial charge in [-0.1, -0.05) is 42.5 Å². The second kappa shape index (κ2) is 6.37. The van der Waals surface area contributed by atoms with Gasteiger partial charge in [0.15, 0.2) is 0 Å². The average molecular weight is 291 g/mol. The molecule has 2 heterocycles. The monoisotopic (exact) mass is 291 g/mol. The number of nitrogens with zero attached hydrogens (tertiary/aromatic N) is 3. The van der Waals surface area contributed by atoms with Crippen LogP contribution < -0.4 is 0 Å². The molecule has 0 aliphatic carbocycles. The van der Waals surface area contributed by atoms with E-state index in [1.54, 1.807) is 24.8 Å². The topological polar surface area (TPSA) is 50.9 Å². The van der Waals surface area contributed by atoms with Crippen molar-refractivity contribution < 1.29 is 5.11 Å². The van der Waals surface area contributed by atoms with Crippen molar-refractivity contribution in [1.29, 1.82) is 0 Å². The van der Waals surface area contributed by atoms with E-state index >= 15 is 0 Å². The maximum absolute atomic E-state index is 11.1. The lowest BCUT2D eigenvalue weighted by Gasteiger charge is -2.24. The predicted octanol–water partition coefficient (Wildman–Crippen LogP) is 2.88. The maximum Gasteiger partial charge on any atom is 0.143 e. The highest BCUT2D eigenvalue weighted by molar-refractivity contribution is 5.51. The fourth-order valence-electron chi connectivity index (χ4n) is 2.29. The summed E-state index contributed by atoms with van der Waals surface area (Å²) in [5.41, 5.74) is 0.441. The van der Waals surface area contributed by atoms with Crippen LogP contribution in [0, 0.1) is 0 Å². The molecule has 4 nitrogen and oxygen atoms in total. The second-order valence-electron chi connectivity index (χ2n) is 5.12. The van der Waals surface area contributed by atoms with Crippen LogP contribution in [0.1, 0.15) is 11.3 Å². The highest BCUT2D eigenvalue weighted by Gasteiger charge is 2.28. The molecule has 22 heavy (non-hydrogen) atoms. The van der Waals surface area contributed by atoms with Gasteiger partial charge in [-0.05, 0) is 23.8 Å². The molecule has 0 radical (unpaired) electrons. The molecule has 1 unspecified atom stereocenters. The first kappa shape index (κ1) is 14.2. The molecule has 0 bridgehead atoms. The Bertz CT molecular complexity index is 724. The average Bonchev–Trinajstić information content (AvgIpc) is 3.08. The number of hydrogen-bond donors (Lipinski definition) is 1. The van der Waals surface area contributed by atoms with Crippen LogP contribution in [0.15, 0.2) is 79.5 Å². The second-order valence-corrected chi connectivity index (χ2v) is 5.12. The fourth-order valence-corrected chi connectivity index (χ4v) is 2.29. The summed E-state index contributed by atoms with van der Waals surface area (Å²) in [6.45, 7) is 0.355. The number of pyridine rings is 1. The summed E-state index contributed by atoms with van der Waals surface area (Å²) >= 11 is 0. The number of benzene rings is 1. The summed E-state index contributed by atoms with van der Waals surface area (Å²) in [4.78, 5) is 8.33. The minimum absolute atomic E-state index is 0.355. The smallest absolute Gasteiger partial charge is 0.143 e. The van der Waals surface area contributed by atoms with Gasteiger partial charge < -0.3 is 9.67 Å². The lowest BCUT2D eigenvalue weighted by molar-refractivity contribution is 0.0659. The van der Waals surface area contributed by atoms with Crippen molar-refractivity contribution in [2.45, 2.75) is 12.1 Å². The Morgan fingerprint density at radius 2 is 1.86 bits per heavy atom. The molecule has 4 heteroatoms. The first-order chi connectivity index (χ1) is 10.8. The molecule has 0 fully saturated rings. The number of imidazole rings is 1. The van der Waals surface area contributed by atoms with Gasteiger partial charge in [-0.25, -0.2) is 4.98 Å².